The molecule has 6 rings (SSSR count). The third-order valence-electron chi connectivity index (χ3n) is 6.53. The molecule has 0 amide bonds. The Morgan fingerprint density at radius 1 is 1.14 bits per heavy atom. The molecule has 1 atom stereocenters. The number of aryl methyl sites for hydroxylation is 1. The van der Waals surface area contributed by atoms with Gasteiger partial charge in [-0.3, -0.25) is 4.90 Å². The van der Waals surface area contributed by atoms with E-state index in [1.807, 2.05) is 0 Å². The molecule has 2 saturated heterocycles. The van der Waals surface area contributed by atoms with Gasteiger partial charge in [-0.05, 0) is 30.4 Å². The van der Waals surface area contributed by atoms with Crippen molar-refractivity contribution in [2.75, 3.05) is 50.0 Å². The number of nitrogens with two attached hydrogens (primary N) is 1. The molecule has 2 aliphatic rings. The van der Waals surface area contributed by atoms with Crippen molar-refractivity contribution in [3.8, 4) is 21.8 Å². The van der Waals surface area contributed by atoms with Gasteiger partial charge in [-0.25, -0.2) is 19.9 Å². The van der Waals surface area contributed by atoms with E-state index in [-0.39, 0.29) is 12.1 Å². The molecule has 0 radical (unpaired) electrons. The van der Waals surface area contributed by atoms with Gasteiger partial charge in [0.25, 0.3) is 0 Å². The Hall–Kier alpha value is -2.70. The zero-order valence-electron chi connectivity index (χ0n) is 19.5. The molecule has 1 unspecified atom stereocenters. The topological polar surface area (TPSA) is 114 Å². The van der Waals surface area contributed by atoms with Crippen LogP contribution in [0, 0.1) is 6.92 Å². The van der Waals surface area contributed by atoms with Crippen molar-refractivity contribution in [3.63, 3.8) is 0 Å². The normalized spacial score (nSPS) is 19.1. The second-order valence-corrected chi connectivity index (χ2v) is 11.0. The van der Waals surface area contributed by atoms with E-state index in [0.29, 0.717) is 19.0 Å². The van der Waals surface area contributed by atoms with Gasteiger partial charge in [0.05, 0.1) is 35.1 Å². The monoisotopic (exact) mass is 509 g/mol. The standard InChI is InChI=1S/C24H27N7O2S2/c1-14-19-21(35-20(14)15-8-18(34-13-15)12-30-3-2-17(32)11-30)23(31-4-6-33-7-5-31)29-22(28-19)16-9-26-24(25)27-10-16/h8-10,13,17,32H,2-7,11-12H2,1H3,(H2,25,26,27). The number of rotatable bonds is 5. The van der Waals surface area contributed by atoms with E-state index >= 15 is 0 Å². The van der Waals surface area contributed by atoms with E-state index in [9.17, 15) is 5.11 Å². The van der Waals surface area contributed by atoms with Crippen molar-refractivity contribution >= 4 is 44.7 Å². The van der Waals surface area contributed by atoms with E-state index in [4.69, 9.17) is 20.4 Å². The highest BCUT2D eigenvalue weighted by Crippen LogP contribution is 2.43. The fraction of sp³-hybridized carbons (Fsp3) is 0.417. The average Bonchev–Trinajstić information content (AvgIpc) is 3.59. The van der Waals surface area contributed by atoms with Crippen LogP contribution in [-0.4, -0.2) is 75.4 Å². The van der Waals surface area contributed by atoms with Gasteiger partial charge in [-0.1, -0.05) is 0 Å². The van der Waals surface area contributed by atoms with E-state index in [2.05, 4.69) is 38.1 Å². The summed E-state index contributed by atoms with van der Waals surface area (Å²) in [4.78, 5) is 25.4. The van der Waals surface area contributed by atoms with Crippen molar-refractivity contribution < 1.29 is 9.84 Å². The Morgan fingerprint density at radius 2 is 1.94 bits per heavy atom. The first-order valence-electron chi connectivity index (χ1n) is 11.7. The highest BCUT2D eigenvalue weighted by molar-refractivity contribution is 7.23. The van der Waals surface area contributed by atoms with Crippen LogP contribution in [0.4, 0.5) is 11.8 Å². The van der Waals surface area contributed by atoms with Crippen molar-refractivity contribution in [2.24, 2.45) is 0 Å². The summed E-state index contributed by atoms with van der Waals surface area (Å²) in [6.07, 6.45) is 4.01. The fourth-order valence-electron chi connectivity index (χ4n) is 4.68. The van der Waals surface area contributed by atoms with Crippen LogP contribution in [-0.2, 0) is 11.3 Å². The molecule has 4 aromatic rings. The molecule has 0 bridgehead atoms. The van der Waals surface area contributed by atoms with Crippen LogP contribution >= 0.6 is 22.7 Å². The summed E-state index contributed by atoms with van der Waals surface area (Å²) in [6, 6.07) is 2.28. The molecule has 182 valence electrons. The summed E-state index contributed by atoms with van der Waals surface area (Å²) in [5, 5.41) is 12.1. The van der Waals surface area contributed by atoms with Crippen LogP contribution in [0.25, 0.3) is 32.0 Å². The van der Waals surface area contributed by atoms with Gasteiger partial charge < -0.3 is 20.5 Å². The molecule has 11 heteroatoms. The van der Waals surface area contributed by atoms with E-state index < -0.39 is 0 Å². The number of aliphatic hydroxyl groups is 1. The third kappa shape index (κ3) is 4.50. The molecule has 4 aromatic heterocycles. The molecule has 35 heavy (non-hydrogen) atoms. The van der Waals surface area contributed by atoms with Crippen LogP contribution in [0.15, 0.2) is 23.8 Å². The minimum absolute atomic E-state index is 0.197. The Kier molecular flexibility index (Phi) is 6.11. The molecular weight excluding hydrogens is 482 g/mol. The summed E-state index contributed by atoms with van der Waals surface area (Å²) in [7, 11) is 0. The Balaban J connectivity index is 1.41. The minimum atomic E-state index is -0.197. The molecule has 0 aromatic carbocycles. The lowest BCUT2D eigenvalue weighted by Crippen LogP contribution is -2.36. The summed E-state index contributed by atoms with van der Waals surface area (Å²) in [5.74, 6) is 1.77. The van der Waals surface area contributed by atoms with Crippen LogP contribution in [0.2, 0.25) is 0 Å². The number of anilines is 2. The number of morpholine rings is 1. The fourth-order valence-corrected chi connectivity index (χ4v) is 6.92. The van der Waals surface area contributed by atoms with Gasteiger partial charge in [-0.15, -0.1) is 22.7 Å². The zero-order valence-corrected chi connectivity index (χ0v) is 21.1. The number of aliphatic hydroxyl groups excluding tert-OH is 1. The first-order chi connectivity index (χ1) is 17.0. The molecule has 0 saturated carbocycles. The number of ether oxygens (including phenoxy) is 1. The smallest absolute Gasteiger partial charge is 0.219 e. The number of likely N-dealkylation sites (tertiary alicyclic amines) is 1. The maximum Gasteiger partial charge on any atom is 0.219 e. The van der Waals surface area contributed by atoms with E-state index in [0.717, 1.165) is 66.3 Å². The quantitative estimate of drug-likeness (QED) is 0.419. The molecule has 2 fully saturated rings. The number of thiophene rings is 2. The second kappa shape index (κ2) is 9.40. The molecule has 3 N–H and O–H groups in total. The number of nitrogens with zero attached hydrogens (tertiary/aromatic N) is 6. The highest BCUT2D eigenvalue weighted by Gasteiger charge is 2.24. The first-order valence-corrected chi connectivity index (χ1v) is 13.4. The molecule has 6 heterocycles. The number of hydrogen-bond donors (Lipinski definition) is 2. The molecule has 0 spiro atoms. The molecule has 9 nitrogen and oxygen atoms in total. The maximum atomic E-state index is 9.85. The van der Waals surface area contributed by atoms with Crippen LogP contribution in [0.1, 0.15) is 16.9 Å². The summed E-state index contributed by atoms with van der Waals surface area (Å²) < 4.78 is 6.68. The van der Waals surface area contributed by atoms with Gasteiger partial charge >= 0.3 is 0 Å². The number of aromatic nitrogens is 4. The van der Waals surface area contributed by atoms with Crippen LogP contribution < -0.4 is 10.6 Å². The summed E-state index contributed by atoms with van der Waals surface area (Å²) in [6.45, 7) is 7.68. The van der Waals surface area contributed by atoms with E-state index in [1.165, 1.54) is 15.3 Å². The number of β-amino-alcohol motifs (C(OH)–C–C–N with tert-alkyl or cyclic N) is 1. The third-order valence-corrected chi connectivity index (χ3v) is 8.78. The lowest BCUT2D eigenvalue weighted by atomic mass is 10.1. The predicted molar refractivity (Wildman–Crippen MR) is 140 cm³/mol. The summed E-state index contributed by atoms with van der Waals surface area (Å²) >= 11 is 3.53. The summed E-state index contributed by atoms with van der Waals surface area (Å²) in [5.41, 5.74) is 9.77. The maximum absolute atomic E-state index is 9.85. The molecule has 0 aliphatic carbocycles. The Bertz CT molecular complexity index is 1350. The van der Waals surface area contributed by atoms with Crippen molar-refractivity contribution in [1.29, 1.82) is 0 Å². The van der Waals surface area contributed by atoms with Crippen molar-refractivity contribution in [1.82, 2.24) is 24.8 Å². The number of nitrogen functional groups attached to an aromatic ring is 1. The number of hydrogen-bond acceptors (Lipinski definition) is 11. The van der Waals surface area contributed by atoms with E-state index in [1.54, 1.807) is 35.1 Å². The van der Waals surface area contributed by atoms with Crippen LogP contribution in [0.5, 0.6) is 0 Å². The lowest BCUT2D eigenvalue weighted by Gasteiger charge is -2.28. The van der Waals surface area contributed by atoms with Crippen LogP contribution in [0.3, 0.4) is 0 Å². The van der Waals surface area contributed by atoms with Gasteiger partial charge in [0, 0.05) is 60.4 Å². The zero-order chi connectivity index (χ0) is 23.9. The van der Waals surface area contributed by atoms with Crippen molar-refractivity contribution in [3.05, 3.63) is 34.3 Å². The van der Waals surface area contributed by atoms with Gasteiger partial charge in [0.1, 0.15) is 0 Å². The number of fused-ring (bicyclic) bond motifs is 1. The lowest BCUT2D eigenvalue weighted by molar-refractivity contribution is 0.122. The molecular formula is C24H27N7O2S2. The Labute approximate surface area is 211 Å². The Morgan fingerprint density at radius 3 is 2.69 bits per heavy atom. The average molecular weight is 510 g/mol. The minimum Gasteiger partial charge on any atom is -0.392 e. The highest BCUT2D eigenvalue weighted by atomic mass is 32.1. The second-order valence-electron chi connectivity index (χ2n) is 9.01. The largest absolute Gasteiger partial charge is 0.392 e. The molecule has 2 aliphatic heterocycles. The van der Waals surface area contributed by atoms with Gasteiger partial charge in [0.15, 0.2) is 11.6 Å². The first kappa shape index (κ1) is 22.7. The van der Waals surface area contributed by atoms with Gasteiger partial charge in [-0.2, -0.15) is 0 Å². The SMILES string of the molecule is Cc1c(-c2csc(CN3CCC(O)C3)c2)sc2c(N3CCOCC3)nc(-c3cnc(N)nc3)nc12. The van der Waals surface area contributed by atoms with Gasteiger partial charge in [0.2, 0.25) is 5.95 Å². The van der Waals surface area contributed by atoms with Crippen molar-refractivity contribution in [2.45, 2.75) is 26.0 Å². The predicted octanol–water partition coefficient (Wildman–Crippen LogP) is 3.17.